The number of methoxy groups -OCH3 is 1. The van der Waals surface area contributed by atoms with Crippen molar-refractivity contribution < 1.29 is 23.2 Å². The molecule has 33 heavy (non-hydrogen) atoms. The lowest BCUT2D eigenvalue weighted by molar-refractivity contribution is -0.120. The SMILES string of the molecule is COCc1ccc(C(NC(=O)c2cc(=O)[nH]o2)C(=O)Cc2ccc(C(C)(C)C)c(F)c2)cc1. The van der Waals surface area contributed by atoms with Crippen LogP contribution in [0.5, 0.6) is 0 Å². The van der Waals surface area contributed by atoms with Crippen molar-refractivity contribution in [3.05, 3.63) is 92.7 Å². The minimum absolute atomic E-state index is 0.0941. The van der Waals surface area contributed by atoms with E-state index >= 15 is 0 Å². The first-order valence-electron chi connectivity index (χ1n) is 10.5. The Balaban J connectivity index is 1.87. The number of nitrogens with one attached hydrogen (secondary N) is 2. The molecule has 174 valence electrons. The summed E-state index contributed by atoms with van der Waals surface area (Å²) in [5.74, 6) is -1.69. The Bertz CT molecular complexity index is 1190. The van der Waals surface area contributed by atoms with E-state index in [4.69, 9.17) is 9.26 Å². The second kappa shape index (κ2) is 9.95. The number of carbonyl (C=O) groups excluding carboxylic acids is 2. The summed E-state index contributed by atoms with van der Waals surface area (Å²) in [5.41, 5.74) is 1.55. The lowest BCUT2D eigenvalue weighted by atomic mass is 9.85. The molecule has 0 fully saturated rings. The van der Waals surface area contributed by atoms with Gasteiger partial charge in [0.15, 0.2) is 5.78 Å². The molecule has 3 aromatic rings. The van der Waals surface area contributed by atoms with Crippen molar-refractivity contribution >= 4 is 11.7 Å². The summed E-state index contributed by atoms with van der Waals surface area (Å²) < 4.78 is 24.6. The highest BCUT2D eigenvalue weighted by Gasteiger charge is 2.26. The summed E-state index contributed by atoms with van der Waals surface area (Å²) in [6.45, 7) is 6.14. The number of H-pyrrole nitrogens is 1. The van der Waals surface area contributed by atoms with Gasteiger partial charge in [0.1, 0.15) is 11.9 Å². The van der Waals surface area contributed by atoms with Gasteiger partial charge in [0.05, 0.1) is 12.7 Å². The molecule has 0 radical (unpaired) electrons. The van der Waals surface area contributed by atoms with E-state index in [9.17, 15) is 18.8 Å². The molecular weight excluding hydrogens is 427 g/mol. The van der Waals surface area contributed by atoms with E-state index in [-0.39, 0.29) is 29.2 Å². The molecular formula is C25H27FN2O5. The second-order valence-corrected chi connectivity index (χ2v) is 8.87. The van der Waals surface area contributed by atoms with Crippen molar-refractivity contribution in [1.82, 2.24) is 10.5 Å². The summed E-state index contributed by atoms with van der Waals surface area (Å²) in [5, 5.41) is 4.66. The van der Waals surface area contributed by atoms with Crippen LogP contribution in [0.25, 0.3) is 0 Å². The second-order valence-electron chi connectivity index (χ2n) is 8.87. The number of ketones is 1. The number of aromatic amines is 1. The first-order chi connectivity index (χ1) is 15.6. The molecule has 0 spiro atoms. The van der Waals surface area contributed by atoms with Crippen LogP contribution in [0.4, 0.5) is 4.39 Å². The molecule has 2 aromatic carbocycles. The van der Waals surface area contributed by atoms with Gasteiger partial charge < -0.3 is 14.6 Å². The third kappa shape index (κ3) is 6.04. The smallest absolute Gasteiger partial charge is 0.290 e. The molecule has 1 amide bonds. The number of benzene rings is 2. The quantitative estimate of drug-likeness (QED) is 0.539. The van der Waals surface area contributed by atoms with Crippen molar-refractivity contribution in [3.8, 4) is 0 Å². The zero-order valence-electron chi connectivity index (χ0n) is 19.0. The molecule has 0 bridgehead atoms. The van der Waals surface area contributed by atoms with Crippen molar-refractivity contribution in [3.63, 3.8) is 0 Å². The molecule has 2 N–H and O–H groups in total. The fourth-order valence-electron chi connectivity index (χ4n) is 3.50. The molecule has 1 unspecified atom stereocenters. The van der Waals surface area contributed by atoms with E-state index in [2.05, 4.69) is 5.32 Å². The summed E-state index contributed by atoms with van der Waals surface area (Å²) in [4.78, 5) is 37.1. The van der Waals surface area contributed by atoms with Crippen molar-refractivity contribution in [2.45, 2.75) is 45.3 Å². The number of amides is 1. The average molecular weight is 454 g/mol. The van der Waals surface area contributed by atoms with Crippen LogP contribution in [-0.2, 0) is 28.0 Å². The number of ether oxygens (including phenoxy) is 1. The zero-order chi connectivity index (χ0) is 24.2. The van der Waals surface area contributed by atoms with Crippen LogP contribution in [0, 0.1) is 5.82 Å². The van der Waals surface area contributed by atoms with Gasteiger partial charge in [-0.05, 0) is 33.7 Å². The Morgan fingerprint density at radius 3 is 2.30 bits per heavy atom. The minimum Gasteiger partial charge on any atom is -0.380 e. The molecule has 0 aliphatic heterocycles. The maximum atomic E-state index is 14.6. The van der Waals surface area contributed by atoms with E-state index in [1.807, 2.05) is 25.9 Å². The third-order valence-electron chi connectivity index (χ3n) is 5.19. The van der Waals surface area contributed by atoms with Crippen LogP contribution >= 0.6 is 0 Å². The summed E-state index contributed by atoms with van der Waals surface area (Å²) >= 11 is 0. The number of Topliss-reactive ketones (excluding diaryl/α,β-unsaturated/α-hetero) is 1. The van der Waals surface area contributed by atoms with E-state index in [1.54, 1.807) is 43.5 Å². The number of hydrogen-bond donors (Lipinski definition) is 2. The fraction of sp³-hybridized carbons (Fsp3) is 0.320. The highest BCUT2D eigenvalue weighted by atomic mass is 19.1. The predicted octanol–water partition coefficient (Wildman–Crippen LogP) is 3.83. The molecule has 0 aliphatic rings. The molecule has 0 saturated heterocycles. The largest absolute Gasteiger partial charge is 0.380 e. The Labute approximate surface area is 190 Å². The first kappa shape index (κ1) is 24.1. The Morgan fingerprint density at radius 1 is 1.09 bits per heavy atom. The maximum Gasteiger partial charge on any atom is 0.290 e. The fourth-order valence-corrected chi connectivity index (χ4v) is 3.50. The Morgan fingerprint density at radius 2 is 1.76 bits per heavy atom. The zero-order valence-corrected chi connectivity index (χ0v) is 19.0. The van der Waals surface area contributed by atoms with Gasteiger partial charge in [-0.3, -0.25) is 14.4 Å². The lowest BCUT2D eigenvalue weighted by Crippen LogP contribution is -2.34. The van der Waals surface area contributed by atoms with Crippen LogP contribution in [0.2, 0.25) is 0 Å². The van der Waals surface area contributed by atoms with E-state index in [1.165, 1.54) is 6.07 Å². The van der Waals surface area contributed by atoms with Crippen molar-refractivity contribution in [1.29, 1.82) is 0 Å². The average Bonchev–Trinajstić information content (AvgIpc) is 3.18. The summed E-state index contributed by atoms with van der Waals surface area (Å²) in [7, 11) is 1.58. The standard InChI is InChI=1S/C25H27FN2O5/c1-25(2,3)18-10-7-16(11-19(18)26)12-20(29)23(17-8-5-15(6-9-17)14-32-4)27-24(31)21-13-22(30)28-33-21/h5-11,13,23H,12,14H2,1-4H3,(H,27,31)(H,28,30). The monoisotopic (exact) mass is 454 g/mol. The number of carbonyl (C=O) groups is 2. The Hall–Kier alpha value is -3.52. The number of aromatic nitrogens is 1. The molecule has 1 aromatic heterocycles. The van der Waals surface area contributed by atoms with Crippen LogP contribution < -0.4 is 10.9 Å². The summed E-state index contributed by atoms with van der Waals surface area (Å²) in [6.07, 6.45) is -0.0941. The maximum absolute atomic E-state index is 14.6. The molecule has 1 heterocycles. The van der Waals surface area contributed by atoms with E-state index in [0.717, 1.165) is 11.6 Å². The van der Waals surface area contributed by atoms with Gasteiger partial charge in [-0.15, -0.1) is 0 Å². The van der Waals surface area contributed by atoms with Gasteiger partial charge in [-0.2, -0.15) is 5.16 Å². The number of halogens is 1. The van der Waals surface area contributed by atoms with Crippen LogP contribution in [-0.4, -0.2) is 24.0 Å². The molecule has 8 heteroatoms. The molecule has 0 aliphatic carbocycles. The van der Waals surface area contributed by atoms with Crippen molar-refractivity contribution in [2.75, 3.05) is 7.11 Å². The van der Waals surface area contributed by atoms with Crippen molar-refractivity contribution in [2.24, 2.45) is 0 Å². The molecule has 7 nitrogen and oxygen atoms in total. The number of rotatable bonds is 8. The van der Waals surface area contributed by atoms with Gasteiger partial charge in [0, 0.05) is 13.5 Å². The number of hydrogen-bond acceptors (Lipinski definition) is 5. The van der Waals surface area contributed by atoms with Gasteiger partial charge >= 0.3 is 0 Å². The predicted molar refractivity (Wildman–Crippen MR) is 121 cm³/mol. The topological polar surface area (TPSA) is 101 Å². The molecule has 0 saturated carbocycles. The molecule has 3 rings (SSSR count). The van der Waals surface area contributed by atoms with Crippen LogP contribution in [0.3, 0.4) is 0 Å². The van der Waals surface area contributed by atoms with Crippen LogP contribution in [0.1, 0.15) is 59.6 Å². The lowest BCUT2D eigenvalue weighted by Gasteiger charge is -2.21. The summed E-state index contributed by atoms with van der Waals surface area (Å²) in [6, 6.07) is 11.7. The highest BCUT2D eigenvalue weighted by Crippen LogP contribution is 2.26. The van der Waals surface area contributed by atoms with E-state index < -0.39 is 17.5 Å². The third-order valence-corrected chi connectivity index (χ3v) is 5.19. The van der Waals surface area contributed by atoms with E-state index in [0.29, 0.717) is 23.3 Å². The van der Waals surface area contributed by atoms with Gasteiger partial charge in [0.25, 0.3) is 11.5 Å². The molecule has 1 atom stereocenters. The van der Waals surface area contributed by atoms with Gasteiger partial charge in [0.2, 0.25) is 5.76 Å². The van der Waals surface area contributed by atoms with Crippen LogP contribution in [0.15, 0.2) is 57.8 Å². The normalized spacial score (nSPS) is 12.4. The first-order valence-corrected chi connectivity index (χ1v) is 10.5. The van der Waals surface area contributed by atoms with Gasteiger partial charge in [-0.25, -0.2) is 4.39 Å². The highest BCUT2D eigenvalue weighted by molar-refractivity contribution is 5.96. The van der Waals surface area contributed by atoms with Gasteiger partial charge in [-0.1, -0.05) is 57.2 Å². The minimum atomic E-state index is -1.03. The Kier molecular flexibility index (Phi) is 7.28.